The molecule has 1 heterocycles. The van der Waals surface area contributed by atoms with Crippen molar-refractivity contribution < 1.29 is 0 Å². The van der Waals surface area contributed by atoms with Crippen LogP contribution in [0.25, 0.3) is 0 Å². The molecular formula is C16H29N3. The molecule has 1 fully saturated rings. The third-order valence-corrected chi connectivity index (χ3v) is 4.23. The molecule has 0 aliphatic heterocycles. The predicted octanol–water partition coefficient (Wildman–Crippen LogP) is 3.56. The number of nitrogens with one attached hydrogen (secondary N) is 1. The van der Waals surface area contributed by atoms with Gasteiger partial charge in [0.25, 0.3) is 0 Å². The number of hydrogen-bond donors (Lipinski definition) is 1. The molecule has 3 nitrogen and oxygen atoms in total. The minimum atomic E-state index is 0.551. The second-order valence-electron chi connectivity index (χ2n) is 6.40. The van der Waals surface area contributed by atoms with Crippen LogP contribution in [0.3, 0.4) is 0 Å². The molecule has 0 aromatic carbocycles. The quantitative estimate of drug-likeness (QED) is 0.850. The molecule has 1 aromatic heterocycles. The Labute approximate surface area is 117 Å². The molecule has 1 atom stereocenters. The van der Waals surface area contributed by atoms with E-state index in [2.05, 4.69) is 43.2 Å². The summed E-state index contributed by atoms with van der Waals surface area (Å²) in [6.45, 7) is 4.57. The van der Waals surface area contributed by atoms with Crippen LogP contribution in [0.2, 0.25) is 0 Å². The first-order valence-corrected chi connectivity index (χ1v) is 7.90. The lowest BCUT2D eigenvalue weighted by Gasteiger charge is -2.22. The lowest BCUT2D eigenvalue weighted by molar-refractivity contribution is 0.327. The summed E-state index contributed by atoms with van der Waals surface area (Å²) in [5.41, 5.74) is 1.24. The zero-order valence-electron chi connectivity index (χ0n) is 12.7. The second kappa shape index (κ2) is 7.09. The summed E-state index contributed by atoms with van der Waals surface area (Å²) in [7, 11) is 2.06. The van der Waals surface area contributed by atoms with E-state index in [4.69, 9.17) is 5.10 Å². The van der Waals surface area contributed by atoms with E-state index in [9.17, 15) is 0 Å². The van der Waals surface area contributed by atoms with Gasteiger partial charge < -0.3 is 5.32 Å². The minimum absolute atomic E-state index is 0.551. The van der Waals surface area contributed by atoms with Gasteiger partial charge in [-0.2, -0.15) is 5.10 Å². The number of rotatable bonds is 6. The maximum absolute atomic E-state index is 4.81. The summed E-state index contributed by atoms with van der Waals surface area (Å²) >= 11 is 0. The average Bonchev–Trinajstić information content (AvgIpc) is 2.87. The summed E-state index contributed by atoms with van der Waals surface area (Å²) in [6.07, 6.45) is 11.2. The minimum Gasteiger partial charge on any atom is -0.317 e. The molecule has 19 heavy (non-hydrogen) atoms. The average molecular weight is 263 g/mol. The Bertz CT molecular complexity index is 364. The Morgan fingerprint density at radius 1 is 1.32 bits per heavy atom. The van der Waals surface area contributed by atoms with Gasteiger partial charge in [0.15, 0.2) is 0 Å². The van der Waals surface area contributed by atoms with Crippen molar-refractivity contribution in [3.63, 3.8) is 0 Å². The topological polar surface area (TPSA) is 29.9 Å². The molecular weight excluding hydrogens is 234 g/mol. The van der Waals surface area contributed by atoms with E-state index in [1.807, 2.05) is 0 Å². The van der Waals surface area contributed by atoms with Gasteiger partial charge in [-0.15, -0.1) is 0 Å². The van der Waals surface area contributed by atoms with Gasteiger partial charge in [-0.25, -0.2) is 0 Å². The second-order valence-corrected chi connectivity index (χ2v) is 6.40. The van der Waals surface area contributed by atoms with Crippen molar-refractivity contribution in [3.05, 3.63) is 18.0 Å². The molecule has 1 unspecified atom stereocenters. The fourth-order valence-electron chi connectivity index (χ4n) is 3.16. The van der Waals surface area contributed by atoms with Crippen molar-refractivity contribution in [2.45, 2.75) is 70.9 Å². The molecule has 0 bridgehead atoms. The zero-order valence-corrected chi connectivity index (χ0v) is 12.7. The SMILES string of the molecule is CNC(Cc1ccn(C2CCCCC2)n1)CC(C)C. The van der Waals surface area contributed by atoms with E-state index in [0.29, 0.717) is 12.1 Å². The third kappa shape index (κ3) is 4.34. The molecule has 2 rings (SSSR count). The summed E-state index contributed by atoms with van der Waals surface area (Å²) in [4.78, 5) is 0. The molecule has 108 valence electrons. The van der Waals surface area contributed by atoms with Gasteiger partial charge in [-0.05, 0) is 38.3 Å². The lowest BCUT2D eigenvalue weighted by atomic mass is 9.96. The van der Waals surface area contributed by atoms with Gasteiger partial charge in [-0.1, -0.05) is 33.1 Å². The van der Waals surface area contributed by atoms with E-state index >= 15 is 0 Å². The van der Waals surface area contributed by atoms with E-state index < -0.39 is 0 Å². The molecule has 1 saturated carbocycles. The molecule has 1 N–H and O–H groups in total. The van der Waals surface area contributed by atoms with Crippen molar-refractivity contribution in [2.24, 2.45) is 5.92 Å². The molecule has 3 heteroatoms. The van der Waals surface area contributed by atoms with Gasteiger partial charge in [0.05, 0.1) is 11.7 Å². The Morgan fingerprint density at radius 2 is 2.05 bits per heavy atom. The Balaban J connectivity index is 1.92. The van der Waals surface area contributed by atoms with Gasteiger partial charge in [0, 0.05) is 18.7 Å². The first kappa shape index (κ1) is 14.6. The summed E-state index contributed by atoms with van der Waals surface area (Å²) < 4.78 is 2.22. The molecule has 1 aliphatic rings. The first-order valence-electron chi connectivity index (χ1n) is 7.90. The van der Waals surface area contributed by atoms with Crippen molar-refractivity contribution in [2.75, 3.05) is 7.05 Å². The summed E-state index contributed by atoms with van der Waals surface area (Å²) in [5, 5.41) is 8.23. The molecule has 1 aliphatic carbocycles. The monoisotopic (exact) mass is 263 g/mol. The maximum Gasteiger partial charge on any atom is 0.0640 e. The van der Waals surface area contributed by atoms with Gasteiger partial charge in [0.2, 0.25) is 0 Å². The van der Waals surface area contributed by atoms with Crippen LogP contribution in [0.15, 0.2) is 12.3 Å². The van der Waals surface area contributed by atoms with Crippen LogP contribution < -0.4 is 5.32 Å². The van der Waals surface area contributed by atoms with Crippen LogP contribution in [0.5, 0.6) is 0 Å². The molecule has 0 amide bonds. The maximum atomic E-state index is 4.81. The van der Waals surface area contributed by atoms with Crippen LogP contribution in [0, 0.1) is 5.92 Å². The Kier molecular flexibility index (Phi) is 5.44. The molecule has 1 aromatic rings. The van der Waals surface area contributed by atoms with Gasteiger partial charge in [0.1, 0.15) is 0 Å². The highest BCUT2D eigenvalue weighted by Crippen LogP contribution is 2.27. The van der Waals surface area contributed by atoms with E-state index in [-0.39, 0.29) is 0 Å². The highest BCUT2D eigenvalue weighted by molar-refractivity contribution is 5.02. The third-order valence-electron chi connectivity index (χ3n) is 4.23. The van der Waals surface area contributed by atoms with Crippen molar-refractivity contribution in [1.82, 2.24) is 15.1 Å². The molecule has 0 saturated heterocycles. The Morgan fingerprint density at radius 3 is 2.68 bits per heavy atom. The standard InChI is InChI=1S/C16H29N3/c1-13(2)11-15(17-3)12-14-9-10-19(18-14)16-7-5-4-6-8-16/h9-10,13,15-17H,4-8,11-12H2,1-3H3. The van der Waals surface area contributed by atoms with Crippen LogP contribution >= 0.6 is 0 Å². The highest BCUT2D eigenvalue weighted by atomic mass is 15.3. The van der Waals surface area contributed by atoms with E-state index in [1.165, 1.54) is 44.2 Å². The fraction of sp³-hybridized carbons (Fsp3) is 0.812. The van der Waals surface area contributed by atoms with Crippen LogP contribution in [-0.2, 0) is 6.42 Å². The van der Waals surface area contributed by atoms with E-state index in [1.54, 1.807) is 0 Å². The number of nitrogens with zero attached hydrogens (tertiary/aromatic N) is 2. The number of hydrogen-bond acceptors (Lipinski definition) is 2. The smallest absolute Gasteiger partial charge is 0.0640 e. The van der Waals surface area contributed by atoms with Crippen molar-refractivity contribution >= 4 is 0 Å². The summed E-state index contributed by atoms with van der Waals surface area (Å²) in [5.74, 6) is 0.734. The lowest BCUT2D eigenvalue weighted by Crippen LogP contribution is -2.29. The van der Waals surface area contributed by atoms with Crippen LogP contribution in [0.1, 0.15) is 64.1 Å². The number of likely N-dealkylation sites (N-methyl/N-ethyl adjacent to an activating group) is 1. The summed E-state index contributed by atoms with van der Waals surface area (Å²) in [6, 6.07) is 3.41. The van der Waals surface area contributed by atoms with E-state index in [0.717, 1.165) is 12.3 Å². The van der Waals surface area contributed by atoms with Crippen LogP contribution in [-0.4, -0.2) is 22.9 Å². The first-order chi connectivity index (χ1) is 9.19. The zero-order chi connectivity index (χ0) is 13.7. The largest absolute Gasteiger partial charge is 0.317 e. The fourth-order valence-corrected chi connectivity index (χ4v) is 3.16. The van der Waals surface area contributed by atoms with Crippen molar-refractivity contribution in [3.8, 4) is 0 Å². The Hall–Kier alpha value is -0.830. The van der Waals surface area contributed by atoms with Crippen molar-refractivity contribution in [1.29, 1.82) is 0 Å². The van der Waals surface area contributed by atoms with Gasteiger partial charge >= 0.3 is 0 Å². The predicted molar refractivity (Wildman–Crippen MR) is 80.4 cm³/mol. The van der Waals surface area contributed by atoms with Crippen LogP contribution in [0.4, 0.5) is 0 Å². The molecule has 0 radical (unpaired) electrons. The molecule has 0 spiro atoms. The van der Waals surface area contributed by atoms with Gasteiger partial charge in [-0.3, -0.25) is 4.68 Å². The normalized spacial score (nSPS) is 18.9. The highest BCUT2D eigenvalue weighted by Gasteiger charge is 2.17. The number of aromatic nitrogens is 2.